The van der Waals surface area contributed by atoms with E-state index in [-0.39, 0.29) is 6.04 Å². The zero-order chi connectivity index (χ0) is 16.2. The van der Waals surface area contributed by atoms with Gasteiger partial charge >= 0.3 is 0 Å². The summed E-state index contributed by atoms with van der Waals surface area (Å²) in [4.78, 5) is 0. The summed E-state index contributed by atoms with van der Waals surface area (Å²) >= 11 is 3.58. The molecule has 1 heterocycles. The first-order valence-electron chi connectivity index (χ1n) is 7.36. The monoisotopic (exact) mass is 379 g/mol. The Balaban J connectivity index is 3.06. The Morgan fingerprint density at radius 1 is 1.38 bits per heavy atom. The molecule has 1 aromatic heterocycles. The SMILES string of the molecule is CCCNC(Cc1c(Br)c(C)nn1CC)C(C)S(C)(=O)=O. The van der Waals surface area contributed by atoms with Crippen molar-refractivity contribution in [2.75, 3.05) is 12.8 Å². The van der Waals surface area contributed by atoms with E-state index >= 15 is 0 Å². The van der Waals surface area contributed by atoms with Gasteiger partial charge in [-0.2, -0.15) is 5.10 Å². The fourth-order valence-electron chi connectivity index (χ4n) is 2.30. The summed E-state index contributed by atoms with van der Waals surface area (Å²) in [5, 5.41) is 7.41. The smallest absolute Gasteiger partial charge is 0.151 e. The largest absolute Gasteiger partial charge is 0.312 e. The number of aryl methyl sites for hydroxylation is 2. The van der Waals surface area contributed by atoms with Crippen molar-refractivity contribution in [3.8, 4) is 0 Å². The second-order valence-corrected chi connectivity index (χ2v) is 8.66. The van der Waals surface area contributed by atoms with Gasteiger partial charge in [0.1, 0.15) is 0 Å². The summed E-state index contributed by atoms with van der Waals surface area (Å²) in [6.45, 7) is 9.42. The molecule has 0 bridgehead atoms. The van der Waals surface area contributed by atoms with Crippen molar-refractivity contribution in [1.29, 1.82) is 0 Å². The lowest BCUT2D eigenvalue weighted by Crippen LogP contribution is -2.44. The Morgan fingerprint density at radius 2 is 2.00 bits per heavy atom. The summed E-state index contributed by atoms with van der Waals surface area (Å²) in [7, 11) is -3.09. The minimum Gasteiger partial charge on any atom is -0.312 e. The minimum absolute atomic E-state index is 0.113. The minimum atomic E-state index is -3.09. The molecule has 1 N–H and O–H groups in total. The second-order valence-electron chi connectivity index (χ2n) is 5.46. The van der Waals surface area contributed by atoms with E-state index in [1.165, 1.54) is 6.26 Å². The topological polar surface area (TPSA) is 64.0 Å². The van der Waals surface area contributed by atoms with Gasteiger partial charge in [0.15, 0.2) is 9.84 Å². The molecule has 0 spiro atoms. The third-order valence-electron chi connectivity index (χ3n) is 3.76. The molecule has 0 amide bonds. The molecular weight excluding hydrogens is 354 g/mol. The van der Waals surface area contributed by atoms with Crippen molar-refractivity contribution >= 4 is 25.8 Å². The van der Waals surface area contributed by atoms with Crippen LogP contribution in [0.3, 0.4) is 0 Å². The molecule has 2 atom stereocenters. The van der Waals surface area contributed by atoms with Gasteiger partial charge in [0.2, 0.25) is 0 Å². The average molecular weight is 380 g/mol. The highest BCUT2D eigenvalue weighted by Crippen LogP contribution is 2.23. The van der Waals surface area contributed by atoms with Crippen LogP contribution in [0.4, 0.5) is 0 Å². The molecule has 5 nitrogen and oxygen atoms in total. The average Bonchev–Trinajstić information content (AvgIpc) is 2.68. The second kappa shape index (κ2) is 7.74. The van der Waals surface area contributed by atoms with Crippen LogP contribution >= 0.6 is 15.9 Å². The van der Waals surface area contributed by atoms with Crippen LogP contribution in [0.15, 0.2) is 4.47 Å². The number of halogens is 1. The van der Waals surface area contributed by atoms with Crippen molar-refractivity contribution in [2.45, 2.75) is 58.4 Å². The number of nitrogens with zero attached hydrogens (tertiary/aromatic N) is 2. The maximum absolute atomic E-state index is 11.9. The first-order chi connectivity index (χ1) is 9.72. The molecule has 0 saturated carbocycles. The molecule has 122 valence electrons. The highest BCUT2D eigenvalue weighted by Gasteiger charge is 2.28. The van der Waals surface area contributed by atoms with Gasteiger partial charge in [-0.25, -0.2) is 8.42 Å². The molecule has 0 saturated heterocycles. The van der Waals surface area contributed by atoms with Crippen molar-refractivity contribution in [3.05, 3.63) is 15.9 Å². The number of rotatable bonds is 8. The van der Waals surface area contributed by atoms with Crippen LogP contribution in [0.1, 0.15) is 38.6 Å². The zero-order valence-electron chi connectivity index (χ0n) is 13.5. The van der Waals surface area contributed by atoms with E-state index in [0.717, 1.165) is 35.4 Å². The molecule has 0 radical (unpaired) electrons. The van der Waals surface area contributed by atoms with E-state index in [9.17, 15) is 8.42 Å². The fourth-order valence-corrected chi connectivity index (χ4v) is 3.54. The predicted octanol–water partition coefficient (Wildman–Crippen LogP) is 2.32. The quantitative estimate of drug-likeness (QED) is 0.752. The van der Waals surface area contributed by atoms with E-state index in [2.05, 4.69) is 33.3 Å². The molecule has 2 unspecified atom stereocenters. The third-order valence-corrected chi connectivity index (χ3v) is 6.48. The van der Waals surface area contributed by atoms with Gasteiger partial charge in [-0.1, -0.05) is 6.92 Å². The van der Waals surface area contributed by atoms with Crippen LogP contribution in [0, 0.1) is 6.92 Å². The zero-order valence-corrected chi connectivity index (χ0v) is 15.9. The standard InChI is InChI=1S/C14H26BrN3O2S/c1-6-8-16-12(11(4)21(5,19)20)9-13-14(15)10(3)17-18(13)7-2/h11-12,16H,6-9H2,1-5H3. The fraction of sp³-hybridized carbons (Fsp3) is 0.786. The van der Waals surface area contributed by atoms with Gasteiger partial charge in [0.25, 0.3) is 0 Å². The molecule has 1 rings (SSSR count). The van der Waals surface area contributed by atoms with Gasteiger partial charge in [0.05, 0.1) is 21.1 Å². The Bertz CT molecular complexity index is 569. The molecule has 1 aromatic rings. The maximum atomic E-state index is 11.9. The van der Waals surface area contributed by atoms with Crippen molar-refractivity contribution < 1.29 is 8.42 Å². The Morgan fingerprint density at radius 3 is 2.48 bits per heavy atom. The molecule has 0 aromatic carbocycles. The summed E-state index contributed by atoms with van der Waals surface area (Å²) in [6, 6.07) is -0.113. The Kier molecular flexibility index (Phi) is 6.87. The lowest BCUT2D eigenvalue weighted by atomic mass is 10.1. The van der Waals surface area contributed by atoms with E-state index in [4.69, 9.17) is 0 Å². The van der Waals surface area contributed by atoms with Gasteiger partial charge < -0.3 is 5.32 Å². The van der Waals surface area contributed by atoms with Crippen LogP contribution in [0.2, 0.25) is 0 Å². The first-order valence-corrected chi connectivity index (χ1v) is 10.1. The van der Waals surface area contributed by atoms with Gasteiger partial charge in [-0.15, -0.1) is 0 Å². The maximum Gasteiger partial charge on any atom is 0.151 e. The third kappa shape index (κ3) is 4.79. The lowest BCUT2D eigenvalue weighted by Gasteiger charge is -2.24. The number of hydrogen-bond donors (Lipinski definition) is 1. The number of sulfone groups is 1. The Hall–Kier alpha value is -0.400. The summed E-state index contributed by atoms with van der Waals surface area (Å²) < 4.78 is 26.7. The lowest BCUT2D eigenvalue weighted by molar-refractivity contribution is 0.465. The Labute approximate surface area is 136 Å². The van der Waals surface area contributed by atoms with Crippen LogP contribution in [0.5, 0.6) is 0 Å². The normalized spacial score (nSPS) is 15.1. The van der Waals surface area contributed by atoms with Crippen LogP contribution in [0.25, 0.3) is 0 Å². The number of aromatic nitrogens is 2. The summed E-state index contributed by atoms with van der Waals surface area (Å²) in [5.41, 5.74) is 1.99. The van der Waals surface area contributed by atoms with Gasteiger partial charge in [0, 0.05) is 25.3 Å². The highest BCUT2D eigenvalue weighted by atomic mass is 79.9. The van der Waals surface area contributed by atoms with Crippen LogP contribution in [-0.2, 0) is 22.8 Å². The highest BCUT2D eigenvalue weighted by molar-refractivity contribution is 9.10. The van der Waals surface area contributed by atoms with Gasteiger partial charge in [-0.3, -0.25) is 4.68 Å². The van der Waals surface area contributed by atoms with E-state index in [1.807, 2.05) is 18.5 Å². The molecule has 0 aliphatic rings. The molecule has 0 fully saturated rings. The van der Waals surface area contributed by atoms with E-state index in [0.29, 0.717) is 6.42 Å². The van der Waals surface area contributed by atoms with Crippen LogP contribution in [-0.4, -0.2) is 42.3 Å². The van der Waals surface area contributed by atoms with Crippen LogP contribution < -0.4 is 5.32 Å². The summed E-state index contributed by atoms with van der Waals surface area (Å²) in [5.74, 6) is 0. The number of nitrogens with one attached hydrogen (secondary N) is 1. The van der Waals surface area contributed by atoms with Crippen molar-refractivity contribution in [1.82, 2.24) is 15.1 Å². The molecule has 0 aliphatic carbocycles. The van der Waals surface area contributed by atoms with E-state index in [1.54, 1.807) is 6.92 Å². The number of hydrogen-bond acceptors (Lipinski definition) is 4. The molecule has 0 aliphatic heterocycles. The van der Waals surface area contributed by atoms with Gasteiger partial charge in [-0.05, 0) is 49.7 Å². The van der Waals surface area contributed by atoms with Crippen molar-refractivity contribution in [2.24, 2.45) is 0 Å². The van der Waals surface area contributed by atoms with E-state index < -0.39 is 15.1 Å². The molecule has 21 heavy (non-hydrogen) atoms. The molecule has 7 heteroatoms. The van der Waals surface area contributed by atoms with Crippen molar-refractivity contribution in [3.63, 3.8) is 0 Å². The predicted molar refractivity (Wildman–Crippen MR) is 90.4 cm³/mol. The summed E-state index contributed by atoms with van der Waals surface area (Å²) in [6.07, 6.45) is 2.92. The molecular formula is C14H26BrN3O2S. The first kappa shape index (κ1) is 18.6.